The lowest BCUT2D eigenvalue weighted by molar-refractivity contribution is -0.384. The lowest BCUT2D eigenvalue weighted by atomic mass is 10.1. The van der Waals surface area contributed by atoms with Gasteiger partial charge in [-0.25, -0.2) is 0 Å². The Morgan fingerprint density at radius 2 is 2.00 bits per heavy atom. The van der Waals surface area contributed by atoms with Crippen LogP contribution in [0.2, 0.25) is 0 Å². The van der Waals surface area contributed by atoms with Crippen molar-refractivity contribution in [3.63, 3.8) is 0 Å². The molecule has 0 spiro atoms. The van der Waals surface area contributed by atoms with Crippen LogP contribution in [0, 0.1) is 10.1 Å². The highest BCUT2D eigenvalue weighted by Gasteiger charge is 2.15. The van der Waals surface area contributed by atoms with Crippen molar-refractivity contribution in [1.82, 2.24) is 5.32 Å². The Morgan fingerprint density at radius 1 is 1.23 bits per heavy atom. The van der Waals surface area contributed by atoms with Crippen LogP contribution < -0.4 is 10.1 Å². The van der Waals surface area contributed by atoms with Crippen molar-refractivity contribution < 1.29 is 14.5 Å². The van der Waals surface area contributed by atoms with E-state index in [1.807, 2.05) is 12.1 Å². The fourth-order valence-corrected chi connectivity index (χ4v) is 2.35. The number of carbonyl (C=O) groups is 1. The van der Waals surface area contributed by atoms with Gasteiger partial charge in [-0.15, -0.1) is 0 Å². The number of nitro benzene ring substituents is 1. The van der Waals surface area contributed by atoms with E-state index in [9.17, 15) is 14.9 Å². The summed E-state index contributed by atoms with van der Waals surface area (Å²) >= 11 is 0. The molecule has 0 saturated carbocycles. The zero-order chi connectivity index (χ0) is 15.5. The van der Waals surface area contributed by atoms with Gasteiger partial charge in [0.05, 0.1) is 11.5 Å². The molecule has 0 aliphatic carbocycles. The molecule has 112 valence electrons. The molecule has 0 aromatic heterocycles. The van der Waals surface area contributed by atoms with Gasteiger partial charge in [-0.3, -0.25) is 14.9 Å². The molecule has 0 fully saturated rings. The molecular formula is C16H14N2O4. The molecule has 0 atom stereocenters. The molecule has 22 heavy (non-hydrogen) atoms. The summed E-state index contributed by atoms with van der Waals surface area (Å²) in [6.45, 7) is 0.980. The first kappa shape index (κ1) is 14.1. The number of nitro groups is 1. The summed E-state index contributed by atoms with van der Waals surface area (Å²) in [7, 11) is 0. The number of benzene rings is 2. The van der Waals surface area contributed by atoms with E-state index < -0.39 is 4.92 Å². The number of hydrogen-bond donors (Lipinski definition) is 1. The van der Waals surface area contributed by atoms with Gasteiger partial charge in [-0.2, -0.15) is 0 Å². The topological polar surface area (TPSA) is 81.5 Å². The molecule has 3 rings (SSSR count). The summed E-state index contributed by atoms with van der Waals surface area (Å²) < 4.78 is 5.41. The second-order valence-corrected chi connectivity index (χ2v) is 5.03. The Balaban J connectivity index is 1.63. The van der Waals surface area contributed by atoms with Crippen LogP contribution in [0.1, 0.15) is 21.5 Å². The zero-order valence-electron chi connectivity index (χ0n) is 11.7. The molecule has 1 amide bonds. The number of non-ortho nitro benzene ring substituents is 1. The Bertz CT molecular complexity index is 725. The van der Waals surface area contributed by atoms with Gasteiger partial charge in [-0.1, -0.05) is 12.1 Å². The molecule has 1 aliphatic heterocycles. The Kier molecular flexibility index (Phi) is 3.74. The minimum Gasteiger partial charge on any atom is -0.493 e. The first-order valence-corrected chi connectivity index (χ1v) is 6.91. The smallest absolute Gasteiger partial charge is 0.269 e. The highest BCUT2D eigenvalue weighted by atomic mass is 16.6. The van der Waals surface area contributed by atoms with E-state index in [-0.39, 0.29) is 11.6 Å². The summed E-state index contributed by atoms with van der Waals surface area (Å²) in [5.74, 6) is 0.667. The standard InChI is InChI=1S/C16H14N2O4/c19-16(13-3-6-15-12(9-13)7-8-22-15)17-10-11-1-4-14(5-2-11)18(20)21/h1-6,9H,7-8,10H2,(H,17,19). The van der Waals surface area contributed by atoms with Crippen LogP contribution in [0.25, 0.3) is 0 Å². The molecule has 6 nitrogen and oxygen atoms in total. The number of hydrogen-bond acceptors (Lipinski definition) is 4. The van der Waals surface area contributed by atoms with Crippen molar-refractivity contribution in [3.05, 3.63) is 69.3 Å². The van der Waals surface area contributed by atoms with Crippen molar-refractivity contribution in [2.24, 2.45) is 0 Å². The van der Waals surface area contributed by atoms with E-state index in [0.29, 0.717) is 18.7 Å². The normalized spacial score (nSPS) is 12.4. The maximum atomic E-state index is 12.1. The summed E-state index contributed by atoms with van der Waals surface area (Å²) in [5.41, 5.74) is 2.48. The number of ether oxygens (including phenoxy) is 1. The number of nitrogens with zero attached hydrogens (tertiary/aromatic N) is 1. The number of rotatable bonds is 4. The second kappa shape index (κ2) is 5.85. The van der Waals surface area contributed by atoms with Gasteiger partial charge in [0.15, 0.2) is 0 Å². The Hall–Kier alpha value is -2.89. The molecule has 1 heterocycles. The van der Waals surface area contributed by atoms with Gasteiger partial charge >= 0.3 is 0 Å². The molecule has 0 bridgehead atoms. The first-order valence-electron chi connectivity index (χ1n) is 6.91. The molecule has 1 aliphatic rings. The quantitative estimate of drug-likeness (QED) is 0.694. The largest absolute Gasteiger partial charge is 0.493 e. The van der Waals surface area contributed by atoms with E-state index in [1.165, 1.54) is 12.1 Å². The van der Waals surface area contributed by atoms with E-state index in [0.717, 1.165) is 23.3 Å². The van der Waals surface area contributed by atoms with Crippen molar-refractivity contribution in [1.29, 1.82) is 0 Å². The van der Waals surface area contributed by atoms with Gasteiger partial charge < -0.3 is 10.1 Å². The second-order valence-electron chi connectivity index (χ2n) is 5.03. The van der Waals surface area contributed by atoms with Crippen LogP contribution >= 0.6 is 0 Å². The fraction of sp³-hybridized carbons (Fsp3) is 0.188. The average molecular weight is 298 g/mol. The van der Waals surface area contributed by atoms with Crippen LogP contribution in [0.4, 0.5) is 5.69 Å². The van der Waals surface area contributed by atoms with Crippen molar-refractivity contribution >= 4 is 11.6 Å². The highest BCUT2D eigenvalue weighted by molar-refractivity contribution is 5.94. The van der Waals surface area contributed by atoms with Gasteiger partial charge in [-0.05, 0) is 29.3 Å². The summed E-state index contributed by atoms with van der Waals surface area (Å²) in [4.78, 5) is 22.3. The SMILES string of the molecule is O=C(NCc1ccc([N+](=O)[O-])cc1)c1ccc2c(c1)CCO2. The fourth-order valence-electron chi connectivity index (χ4n) is 2.35. The Labute approximate surface area is 126 Å². The molecule has 0 radical (unpaired) electrons. The number of nitrogens with one attached hydrogen (secondary N) is 1. The van der Waals surface area contributed by atoms with Gasteiger partial charge in [0, 0.05) is 30.7 Å². The van der Waals surface area contributed by atoms with Crippen LogP contribution in [-0.4, -0.2) is 17.4 Å². The molecule has 2 aromatic rings. The monoisotopic (exact) mass is 298 g/mol. The predicted octanol–water partition coefficient (Wildman–Crippen LogP) is 2.46. The third-order valence-corrected chi connectivity index (χ3v) is 3.55. The van der Waals surface area contributed by atoms with Gasteiger partial charge in [0.25, 0.3) is 11.6 Å². The Morgan fingerprint density at radius 3 is 2.73 bits per heavy atom. The van der Waals surface area contributed by atoms with Crippen molar-refractivity contribution in [2.45, 2.75) is 13.0 Å². The summed E-state index contributed by atoms with van der Waals surface area (Å²) in [5, 5.41) is 13.4. The van der Waals surface area contributed by atoms with Crippen LogP contribution in [0.15, 0.2) is 42.5 Å². The minimum absolute atomic E-state index is 0.0358. The van der Waals surface area contributed by atoms with Crippen molar-refractivity contribution in [2.75, 3.05) is 6.61 Å². The van der Waals surface area contributed by atoms with Gasteiger partial charge in [0.2, 0.25) is 0 Å². The minimum atomic E-state index is -0.449. The molecule has 2 aromatic carbocycles. The maximum absolute atomic E-state index is 12.1. The van der Waals surface area contributed by atoms with Crippen molar-refractivity contribution in [3.8, 4) is 5.75 Å². The van der Waals surface area contributed by atoms with E-state index >= 15 is 0 Å². The third kappa shape index (κ3) is 2.90. The number of fused-ring (bicyclic) bond motifs is 1. The van der Waals surface area contributed by atoms with Crippen LogP contribution in [0.5, 0.6) is 5.75 Å². The maximum Gasteiger partial charge on any atom is 0.269 e. The zero-order valence-corrected chi connectivity index (χ0v) is 11.7. The average Bonchev–Trinajstić information content (AvgIpc) is 3.00. The molecular weight excluding hydrogens is 284 g/mol. The lowest BCUT2D eigenvalue weighted by Gasteiger charge is -2.06. The number of carbonyl (C=O) groups excluding carboxylic acids is 1. The van der Waals surface area contributed by atoms with E-state index in [4.69, 9.17) is 4.74 Å². The molecule has 0 saturated heterocycles. The molecule has 6 heteroatoms. The lowest BCUT2D eigenvalue weighted by Crippen LogP contribution is -2.22. The molecule has 0 unspecified atom stereocenters. The highest BCUT2D eigenvalue weighted by Crippen LogP contribution is 2.25. The molecule has 1 N–H and O–H groups in total. The van der Waals surface area contributed by atoms with Crippen LogP contribution in [0.3, 0.4) is 0 Å². The van der Waals surface area contributed by atoms with E-state index in [2.05, 4.69) is 5.32 Å². The third-order valence-electron chi connectivity index (χ3n) is 3.55. The van der Waals surface area contributed by atoms with E-state index in [1.54, 1.807) is 18.2 Å². The van der Waals surface area contributed by atoms with Crippen LogP contribution in [-0.2, 0) is 13.0 Å². The number of amides is 1. The predicted molar refractivity (Wildman–Crippen MR) is 79.9 cm³/mol. The van der Waals surface area contributed by atoms with Gasteiger partial charge in [0.1, 0.15) is 5.75 Å². The first-order chi connectivity index (χ1) is 10.6. The summed E-state index contributed by atoms with van der Waals surface area (Å²) in [6.07, 6.45) is 0.818. The summed E-state index contributed by atoms with van der Waals surface area (Å²) in [6, 6.07) is 11.5.